The first-order chi connectivity index (χ1) is 11.5. The van der Waals surface area contributed by atoms with Crippen molar-refractivity contribution in [3.8, 4) is 0 Å². The highest BCUT2D eigenvalue weighted by Crippen LogP contribution is 2.35. The van der Waals surface area contributed by atoms with Gasteiger partial charge in [-0.05, 0) is 24.6 Å². The van der Waals surface area contributed by atoms with Gasteiger partial charge in [-0.3, -0.25) is 14.9 Å². The highest BCUT2D eigenvalue weighted by Gasteiger charge is 2.33. The zero-order valence-corrected chi connectivity index (χ0v) is 13.8. The molecule has 1 N–H and O–H groups in total. The van der Waals surface area contributed by atoms with Crippen LogP contribution in [-0.2, 0) is 0 Å². The molecule has 0 spiro atoms. The molecule has 24 heavy (non-hydrogen) atoms. The maximum Gasteiger partial charge on any atom is 0.288 e. The average molecular weight is 346 g/mol. The van der Waals surface area contributed by atoms with E-state index in [0.29, 0.717) is 17.7 Å². The van der Waals surface area contributed by atoms with Gasteiger partial charge in [-0.25, -0.2) is 0 Å². The minimum Gasteiger partial charge on any atom is -0.361 e. The van der Waals surface area contributed by atoms with E-state index >= 15 is 0 Å². The molecule has 0 fully saturated rings. The van der Waals surface area contributed by atoms with Crippen molar-refractivity contribution >= 4 is 28.9 Å². The van der Waals surface area contributed by atoms with E-state index in [1.165, 1.54) is 12.1 Å². The van der Waals surface area contributed by atoms with Gasteiger partial charge in [0.05, 0.1) is 10.5 Å². The predicted octanol–water partition coefficient (Wildman–Crippen LogP) is 4.22. The lowest BCUT2D eigenvalue weighted by atomic mass is 10.0. The normalized spacial score (nSPS) is 16.5. The average Bonchev–Trinajstić information content (AvgIpc) is 2.57. The summed E-state index contributed by atoms with van der Waals surface area (Å²) in [5, 5.41) is 14.5. The van der Waals surface area contributed by atoms with Crippen molar-refractivity contribution in [3.05, 3.63) is 68.7 Å². The maximum atomic E-state index is 12.8. The fraction of sp³-hybridized carbons (Fsp3) is 0.235. The monoisotopic (exact) mass is 345 g/mol. The predicted molar refractivity (Wildman–Crippen MR) is 92.2 cm³/mol. The Labute approximate surface area is 144 Å². The molecule has 0 saturated heterocycles. The number of anilines is 1. The minimum atomic E-state index is -0.519. The first-order valence-electron chi connectivity index (χ1n) is 7.63. The van der Waals surface area contributed by atoms with Gasteiger partial charge < -0.3 is 10.2 Å². The number of benzene rings is 2. The molecule has 1 aliphatic rings. The smallest absolute Gasteiger partial charge is 0.288 e. The maximum absolute atomic E-state index is 12.8. The molecule has 0 bridgehead atoms. The van der Waals surface area contributed by atoms with Gasteiger partial charge in [0.25, 0.3) is 11.6 Å². The summed E-state index contributed by atoms with van der Waals surface area (Å²) >= 11 is 5.89. The van der Waals surface area contributed by atoms with Crippen LogP contribution in [0, 0.1) is 10.1 Å². The highest BCUT2D eigenvalue weighted by atomic mass is 35.5. The molecule has 0 aliphatic carbocycles. The number of halogens is 1. The molecule has 7 heteroatoms. The molecule has 6 nitrogen and oxygen atoms in total. The van der Waals surface area contributed by atoms with Crippen molar-refractivity contribution in [2.45, 2.75) is 19.5 Å². The zero-order chi connectivity index (χ0) is 17.3. The van der Waals surface area contributed by atoms with E-state index in [1.807, 2.05) is 25.1 Å². The molecule has 1 heterocycles. The largest absolute Gasteiger partial charge is 0.361 e. The Morgan fingerprint density at radius 2 is 2.04 bits per heavy atom. The number of carbonyl (C=O) groups is 1. The number of amides is 1. The number of para-hydroxylation sites is 1. The van der Waals surface area contributed by atoms with Crippen LogP contribution in [-0.4, -0.2) is 22.3 Å². The molecule has 2 aromatic carbocycles. The lowest BCUT2D eigenvalue weighted by molar-refractivity contribution is -0.384. The SMILES string of the molecule is CCCN1C(=O)c2ccccc2N[C@@H]1c1ccc(Cl)c([N+](=O)[O-])c1. The van der Waals surface area contributed by atoms with E-state index in [0.717, 1.165) is 12.1 Å². The fourth-order valence-corrected chi connectivity index (χ4v) is 3.05. The lowest BCUT2D eigenvalue weighted by Gasteiger charge is -2.38. The number of nitrogens with one attached hydrogen (secondary N) is 1. The van der Waals surface area contributed by atoms with Crippen LogP contribution in [0.4, 0.5) is 11.4 Å². The summed E-state index contributed by atoms with van der Waals surface area (Å²) in [6, 6.07) is 11.9. The summed E-state index contributed by atoms with van der Waals surface area (Å²) in [6.45, 7) is 2.52. The molecule has 0 unspecified atom stereocenters. The van der Waals surface area contributed by atoms with Crippen molar-refractivity contribution in [2.24, 2.45) is 0 Å². The van der Waals surface area contributed by atoms with Crippen LogP contribution in [0.3, 0.4) is 0 Å². The molecule has 1 amide bonds. The van der Waals surface area contributed by atoms with Crippen LogP contribution in [0.5, 0.6) is 0 Å². The summed E-state index contributed by atoms with van der Waals surface area (Å²) in [5.41, 5.74) is 1.78. The van der Waals surface area contributed by atoms with Crippen LogP contribution < -0.4 is 5.32 Å². The van der Waals surface area contributed by atoms with Crippen LogP contribution in [0.2, 0.25) is 5.02 Å². The van der Waals surface area contributed by atoms with Crippen LogP contribution >= 0.6 is 11.6 Å². The van der Waals surface area contributed by atoms with Gasteiger partial charge in [0.15, 0.2) is 0 Å². The molecule has 2 aromatic rings. The third-order valence-electron chi connectivity index (χ3n) is 3.97. The van der Waals surface area contributed by atoms with E-state index in [4.69, 9.17) is 11.6 Å². The summed E-state index contributed by atoms with van der Waals surface area (Å²) < 4.78 is 0. The van der Waals surface area contributed by atoms with Crippen molar-refractivity contribution in [1.82, 2.24) is 4.90 Å². The summed E-state index contributed by atoms with van der Waals surface area (Å²) in [5.74, 6) is -0.0891. The summed E-state index contributed by atoms with van der Waals surface area (Å²) in [4.78, 5) is 25.1. The Morgan fingerprint density at radius 3 is 2.75 bits per heavy atom. The number of carbonyl (C=O) groups excluding carboxylic acids is 1. The van der Waals surface area contributed by atoms with Gasteiger partial charge in [0.2, 0.25) is 0 Å². The molecule has 1 aliphatic heterocycles. The third-order valence-corrected chi connectivity index (χ3v) is 4.29. The Balaban J connectivity index is 2.07. The quantitative estimate of drug-likeness (QED) is 0.664. The number of nitro groups is 1. The standard InChI is InChI=1S/C17H16ClN3O3/c1-2-9-20-16(11-7-8-13(18)15(10-11)21(23)24)19-14-6-4-3-5-12(14)17(20)22/h3-8,10,16,19H,2,9H2,1H3/t16-/m0/s1. The molecular weight excluding hydrogens is 330 g/mol. The van der Waals surface area contributed by atoms with Gasteiger partial charge in [-0.15, -0.1) is 0 Å². The van der Waals surface area contributed by atoms with E-state index in [2.05, 4.69) is 5.32 Å². The van der Waals surface area contributed by atoms with Crippen LogP contribution in [0.25, 0.3) is 0 Å². The van der Waals surface area contributed by atoms with Gasteiger partial charge >= 0.3 is 0 Å². The molecule has 0 aromatic heterocycles. The summed E-state index contributed by atoms with van der Waals surface area (Å²) in [6.07, 6.45) is 0.310. The van der Waals surface area contributed by atoms with E-state index in [-0.39, 0.29) is 16.6 Å². The van der Waals surface area contributed by atoms with Crippen molar-refractivity contribution in [3.63, 3.8) is 0 Å². The van der Waals surface area contributed by atoms with Gasteiger partial charge in [-0.2, -0.15) is 0 Å². The summed E-state index contributed by atoms with van der Waals surface area (Å²) in [7, 11) is 0. The lowest BCUT2D eigenvalue weighted by Crippen LogP contribution is -2.43. The van der Waals surface area contributed by atoms with Gasteiger partial charge in [0.1, 0.15) is 11.2 Å². The van der Waals surface area contributed by atoms with Crippen LogP contribution in [0.15, 0.2) is 42.5 Å². The topological polar surface area (TPSA) is 75.5 Å². The Bertz CT molecular complexity index is 809. The van der Waals surface area contributed by atoms with Crippen molar-refractivity contribution in [2.75, 3.05) is 11.9 Å². The first kappa shape index (κ1) is 16.3. The number of nitrogens with zero attached hydrogens (tertiary/aromatic N) is 2. The third kappa shape index (κ3) is 2.80. The second-order valence-electron chi connectivity index (χ2n) is 5.56. The number of hydrogen-bond donors (Lipinski definition) is 1. The van der Waals surface area contributed by atoms with E-state index < -0.39 is 11.1 Å². The van der Waals surface area contributed by atoms with Gasteiger partial charge in [-0.1, -0.05) is 36.7 Å². The number of fused-ring (bicyclic) bond motifs is 1. The van der Waals surface area contributed by atoms with Gasteiger partial charge in [0, 0.05) is 23.9 Å². The number of rotatable bonds is 4. The molecule has 1 atom stereocenters. The van der Waals surface area contributed by atoms with E-state index in [9.17, 15) is 14.9 Å². The zero-order valence-electron chi connectivity index (χ0n) is 13.0. The van der Waals surface area contributed by atoms with Crippen molar-refractivity contribution < 1.29 is 9.72 Å². The second-order valence-corrected chi connectivity index (χ2v) is 5.97. The number of nitro benzene ring substituents is 1. The molecule has 0 saturated carbocycles. The molecule has 124 valence electrons. The Morgan fingerprint density at radius 1 is 1.29 bits per heavy atom. The van der Waals surface area contributed by atoms with E-state index in [1.54, 1.807) is 17.0 Å². The Kier molecular flexibility index (Phi) is 4.40. The second kappa shape index (κ2) is 6.49. The van der Waals surface area contributed by atoms with Crippen LogP contribution in [0.1, 0.15) is 35.4 Å². The number of hydrogen-bond acceptors (Lipinski definition) is 4. The molecule has 0 radical (unpaired) electrons. The molecule has 3 rings (SSSR count). The minimum absolute atomic E-state index is 0.0772. The fourth-order valence-electron chi connectivity index (χ4n) is 2.87. The Hall–Kier alpha value is -2.60. The molecular formula is C17H16ClN3O3. The first-order valence-corrected chi connectivity index (χ1v) is 8.01. The van der Waals surface area contributed by atoms with Crippen molar-refractivity contribution in [1.29, 1.82) is 0 Å². The highest BCUT2D eigenvalue weighted by molar-refractivity contribution is 6.32.